The molecule has 3 rings (SSSR count). The van der Waals surface area contributed by atoms with Crippen LogP contribution in [0.15, 0.2) is 48.5 Å². The molecule has 0 saturated carbocycles. The Morgan fingerprint density at radius 2 is 1.75 bits per heavy atom. The molecule has 3 nitrogen and oxygen atoms in total. The van der Waals surface area contributed by atoms with E-state index in [0.29, 0.717) is 0 Å². The highest BCUT2D eigenvalue weighted by Crippen LogP contribution is 2.25. The van der Waals surface area contributed by atoms with E-state index in [1.807, 2.05) is 12.1 Å². The number of pyridine rings is 1. The zero-order valence-corrected chi connectivity index (χ0v) is 11.5. The Kier molecular flexibility index (Phi) is 3.03. The van der Waals surface area contributed by atoms with E-state index in [1.165, 1.54) is 10.9 Å². The van der Waals surface area contributed by atoms with Crippen molar-refractivity contribution >= 4 is 22.4 Å². The Morgan fingerprint density at radius 1 is 0.950 bits per heavy atom. The van der Waals surface area contributed by atoms with Crippen LogP contribution in [-0.4, -0.2) is 10.1 Å². The van der Waals surface area contributed by atoms with Gasteiger partial charge < -0.3 is 10.4 Å². The van der Waals surface area contributed by atoms with Crippen LogP contribution in [0.4, 0.5) is 11.5 Å². The monoisotopic (exact) mass is 264 g/mol. The lowest BCUT2D eigenvalue weighted by atomic mass is 10.1. The fourth-order valence-electron chi connectivity index (χ4n) is 2.36. The minimum Gasteiger partial charge on any atom is -0.508 e. The fourth-order valence-corrected chi connectivity index (χ4v) is 2.36. The van der Waals surface area contributed by atoms with Crippen LogP contribution < -0.4 is 5.32 Å². The molecule has 3 aromatic rings. The van der Waals surface area contributed by atoms with Crippen LogP contribution >= 0.6 is 0 Å². The van der Waals surface area contributed by atoms with Gasteiger partial charge in [0.1, 0.15) is 11.6 Å². The summed E-state index contributed by atoms with van der Waals surface area (Å²) in [7, 11) is 0. The molecular formula is C17H16N2O. The third-order valence-electron chi connectivity index (χ3n) is 3.37. The van der Waals surface area contributed by atoms with Gasteiger partial charge in [-0.25, -0.2) is 4.98 Å². The SMILES string of the molecule is Cc1cc(Nc2cccc(O)c2)nc2c(C)cccc12. The summed E-state index contributed by atoms with van der Waals surface area (Å²) in [4.78, 5) is 4.67. The smallest absolute Gasteiger partial charge is 0.131 e. The normalized spacial score (nSPS) is 10.7. The predicted octanol–water partition coefficient (Wildman–Crippen LogP) is 4.30. The molecule has 0 atom stereocenters. The maximum Gasteiger partial charge on any atom is 0.131 e. The minimum atomic E-state index is 0.240. The van der Waals surface area contributed by atoms with Crippen LogP contribution in [-0.2, 0) is 0 Å². The number of anilines is 2. The summed E-state index contributed by atoms with van der Waals surface area (Å²) in [6, 6.07) is 15.2. The van der Waals surface area contributed by atoms with Crippen molar-refractivity contribution < 1.29 is 5.11 Å². The van der Waals surface area contributed by atoms with E-state index in [1.54, 1.807) is 18.2 Å². The molecule has 0 aliphatic carbocycles. The summed E-state index contributed by atoms with van der Waals surface area (Å²) in [6.07, 6.45) is 0. The highest BCUT2D eigenvalue weighted by molar-refractivity contribution is 5.86. The van der Waals surface area contributed by atoms with Gasteiger partial charge in [0.15, 0.2) is 0 Å². The molecule has 1 heterocycles. The van der Waals surface area contributed by atoms with Crippen molar-refractivity contribution in [2.24, 2.45) is 0 Å². The second kappa shape index (κ2) is 4.85. The summed E-state index contributed by atoms with van der Waals surface area (Å²) in [5.74, 6) is 1.03. The lowest BCUT2D eigenvalue weighted by Crippen LogP contribution is -1.96. The number of para-hydroxylation sites is 1. The van der Waals surface area contributed by atoms with Gasteiger partial charge in [-0.3, -0.25) is 0 Å². The molecule has 0 amide bonds. The van der Waals surface area contributed by atoms with E-state index in [4.69, 9.17) is 0 Å². The number of rotatable bonds is 2. The van der Waals surface area contributed by atoms with E-state index in [-0.39, 0.29) is 5.75 Å². The van der Waals surface area contributed by atoms with E-state index < -0.39 is 0 Å². The van der Waals surface area contributed by atoms with Gasteiger partial charge in [0.2, 0.25) is 0 Å². The molecule has 0 spiro atoms. The van der Waals surface area contributed by atoms with Crippen LogP contribution in [0.1, 0.15) is 11.1 Å². The van der Waals surface area contributed by atoms with E-state index in [9.17, 15) is 5.11 Å². The molecule has 2 N–H and O–H groups in total. The number of nitrogens with zero attached hydrogens (tertiary/aromatic N) is 1. The summed E-state index contributed by atoms with van der Waals surface area (Å²) in [6.45, 7) is 4.14. The summed E-state index contributed by atoms with van der Waals surface area (Å²) in [5.41, 5.74) is 4.17. The Morgan fingerprint density at radius 3 is 2.55 bits per heavy atom. The van der Waals surface area contributed by atoms with Crippen molar-refractivity contribution in [3.63, 3.8) is 0 Å². The topological polar surface area (TPSA) is 45.1 Å². The molecule has 0 aliphatic heterocycles. The first-order chi connectivity index (χ1) is 9.63. The molecule has 100 valence electrons. The lowest BCUT2D eigenvalue weighted by molar-refractivity contribution is 0.475. The van der Waals surface area contributed by atoms with Gasteiger partial charge in [0.05, 0.1) is 5.52 Å². The molecule has 0 unspecified atom stereocenters. The Labute approximate surface area is 117 Å². The first-order valence-corrected chi connectivity index (χ1v) is 6.56. The Bertz CT molecular complexity index is 781. The van der Waals surface area contributed by atoms with Gasteiger partial charge in [-0.1, -0.05) is 24.3 Å². The molecule has 0 bridgehead atoms. The first-order valence-electron chi connectivity index (χ1n) is 6.56. The second-order valence-corrected chi connectivity index (χ2v) is 4.97. The zero-order valence-electron chi connectivity index (χ0n) is 11.5. The average molecular weight is 264 g/mol. The molecule has 0 fully saturated rings. The fraction of sp³-hybridized carbons (Fsp3) is 0.118. The minimum absolute atomic E-state index is 0.240. The van der Waals surface area contributed by atoms with Gasteiger partial charge in [0, 0.05) is 17.1 Å². The van der Waals surface area contributed by atoms with Crippen molar-refractivity contribution in [1.29, 1.82) is 0 Å². The molecule has 0 aliphatic rings. The van der Waals surface area contributed by atoms with Gasteiger partial charge >= 0.3 is 0 Å². The summed E-state index contributed by atoms with van der Waals surface area (Å²) >= 11 is 0. The largest absolute Gasteiger partial charge is 0.508 e. The van der Waals surface area contributed by atoms with E-state index in [0.717, 1.165) is 22.6 Å². The average Bonchev–Trinajstić information content (AvgIpc) is 2.40. The number of aromatic hydroxyl groups is 1. The van der Waals surface area contributed by atoms with Crippen LogP contribution in [0.5, 0.6) is 5.75 Å². The van der Waals surface area contributed by atoms with Crippen molar-refractivity contribution in [3.8, 4) is 5.75 Å². The van der Waals surface area contributed by atoms with Crippen molar-refractivity contribution in [2.75, 3.05) is 5.32 Å². The molecule has 2 aromatic carbocycles. The quantitative estimate of drug-likeness (QED) is 0.725. The van der Waals surface area contributed by atoms with Gasteiger partial charge in [0.25, 0.3) is 0 Å². The zero-order chi connectivity index (χ0) is 14.1. The number of fused-ring (bicyclic) bond motifs is 1. The molecule has 0 radical (unpaired) electrons. The third-order valence-corrected chi connectivity index (χ3v) is 3.37. The van der Waals surface area contributed by atoms with E-state index >= 15 is 0 Å². The maximum atomic E-state index is 9.50. The Balaban J connectivity index is 2.06. The highest BCUT2D eigenvalue weighted by Gasteiger charge is 2.05. The van der Waals surface area contributed by atoms with Crippen LogP contribution in [0, 0.1) is 13.8 Å². The first kappa shape index (κ1) is 12.5. The number of aryl methyl sites for hydroxylation is 2. The number of hydrogen-bond acceptors (Lipinski definition) is 3. The summed E-state index contributed by atoms with van der Waals surface area (Å²) in [5, 5.41) is 13.9. The van der Waals surface area contributed by atoms with Crippen molar-refractivity contribution in [3.05, 3.63) is 59.7 Å². The third kappa shape index (κ3) is 2.30. The van der Waals surface area contributed by atoms with Gasteiger partial charge in [-0.05, 0) is 43.2 Å². The summed E-state index contributed by atoms with van der Waals surface area (Å²) < 4.78 is 0. The van der Waals surface area contributed by atoms with Gasteiger partial charge in [-0.2, -0.15) is 0 Å². The molecule has 1 aromatic heterocycles. The highest BCUT2D eigenvalue weighted by atomic mass is 16.3. The molecule has 20 heavy (non-hydrogen) atoms. The standard InChI is InChI=1S/C17H16N2O/c1-11-5-3-8-15-12(2)9-16(19-17(11)15)18-13-6-4-7-14(20)10-13/h3-10,20H,1-2H3,(H,18,19). The van der Waals surface area contributed by atoms with E-state index in [2.05, 4.69) is 42.3 Å². The van der Waals surface area contributed by atoms with Crippen LogP contribution in [0.3, 0.4) is 0 Å². The number of phenolic OH excluding ortho intramolecular Hbond substituents is 1. The van der Waals surface area contributed by atoms with Crippen LogP contribution in [0.25, 0.3) is 10.9 Å². The molecular weight excluding hydrogens is 248 g/mol. The van der Waals surface area contributed by atoms with Crippen LogP contribution in [0.2, 0.25) is 0 Å². The number of hydrogen-bond donors (Lipinski definition) is 2. The molecule has 3 heteroatoms. The number of aromatic nitrogens is 1. The maximum absolute atomic E-state index is 9.50. The predicted molar refractivity (Wildman–Crippen MR) is 82.6 cm³/mol. The lowest BCUT2D eigenvalue weighted by Gasteiger charge is -2.10. The number of benzene rings is 2. The number of nitrogens with one attached hydrogen (secondary N) is 1. The van der Waals surface area contributed by atoms with Crippen molar-refractivity contribution in [2.45, 2.75) is 13.8 Å². The molecule has 0 saturated heterocycles. The number of phenols is 1. The van der Waals surface area contributed by atoms with Gasteiger partial charge in [-0.15, -0.1) is 0 Å². The Hall–Kier alpha value is -2.55. The second-order valence-electron chi connectivity index (χ2n) is 4.97. The van der Waals surface area contributed by atoms with Crippen molar-refractivity contribution in [1.82, 2.24) is 4.98 Å².